The van der Waals surface area contributed by atoms with Crippen LogP contribution in [0.25, 0.3) is 0 Å². The molecule has 3 nitrogen and oxygen atoms in total. The van der Waals surface area contributed by atoms with E-state index in [0.717, 1.165) is 0 Å². The summed E-state index contributed by atoms with van der Waals surface area (Å²) in [6, 6.07) is 3.94. The highest BCUT2D eigenvalue weighted by Crippen LogP contribution is 2.16. The molecule has 0 aliphatic heterocycles. The summed E-state index contributed by atoms with van der Waals surface area (Å²) >= 11 is 5.75. The van der Waals surface area contributed by atoms with Gasteiger partial charge < -0.3 is 10.1 Å². The van der Waals surface area contributed by atoms with Crippen LogP contribution in [0.2, 0.25) is 0 Å². The number of hydrogen-bond acceptors (Lipinski definition) is 2. The summed E-state index contributed by atoms with van der Waals surface area (Å²) < 4.78 is 18.5. The minimum absolute atomic E-state index is 0.00781. The molecule has 0 bridgehead atoms. The van der Waals surface area contributed by atoms with Gasteiger partial charge in [0.15, 0.2) is 0 Å². The molecule has 0 fully saturated rings. The van der Waals surface area contributed by atoms with E-state index in [9.17, 15) is 9.18 Å². The smallest absolute Gasteiger partial charge is 0.254 e. The molecule has 1 N–H and O–H groups in total. The number of amides is 1. The Kier molecular flexibility index (Phi) is 5.41. The number of carbonyl (C=O) groups excluding carboxylic acids is 1. The number of hydrogen-bond donors (Lipinski definition) is 1. The second kappa shape index (κ2) is 6.59. The van der Waals surface area contributed by atoms with Crippen LogP contribution in [0.5, 0.6) is 5.75 Å². The van der Waals surface area contributed by atoms with Gasteiger partial charge in [-0.3, -0.25) is 4.79 Å². The number of halogens is 2. The minimum Gasteiger partial charge on any atom is -0.497 e. The van der Waals surface area contributed by atoms with Crippen molar-refractivity contribution in [2.75, 3.05) is 13.0 Å². The van der Waals surface area contributed by atoms with Crippen molar-refractivity contribution in [3.05, 3.63) is 29.6 Å². The number of ether oxygens (including phenoxy) is 1. The summed E-state index contributed by atoms with van der Waals surface area (Å²) in [5.41, 5.74) is -0.00781. The second-order valence-electron chi connectivity index (χ2n) is 4.32. The fraction of sp³-hybridized carbons (Fsp3) is 0.462. The third-order valence-electron chi connectivity index (χ3n) is 2.71. The molecule has 1 rings (SSSR count). The van der Waals surface area contributed by atoms with E-state index in [1.54, 1.807) is 6.07 Å². The van der Waals surface area contributed by atoms with E-state index >= 15 is 0 Å². The first-order valence-electron chi connectivity index (χ1n) is 5.70. The van der Waals surface area contributed by atoms with Gasteiger partial charge in [0.2, 0.25) is 0 Å². The molecule has 0 heterocycles. The van der Waals surface area contributed by atoms with Gasteiger partial charge in [-0.05, 0) is 18.1 Å². The van der Waals surface area contributed by atoms with Crippen molar-refractivity contribution in [2.45, 2.75) is 19.9 Å². The molecule has 1 unspecified atom stereocenters. The van der Waals surface area contributed by atoms with Crippen LogP contribution in [0, 0.1) is 11.7 Å². The highest BCUT2D eigenvalue weighted by molar-refractivity contribution is 6.18. The van der Waals surface area contributed by atoms with Gasteiger partial charge in [-0.15, -0.1) is 11.6 Å². The lowest BCUT2D eigenvalue weighted by molar-refractivity contribution is 0.0927. The van der Waals surface area contributed by atoms with Gasteiger partial charge in [0.1, 0.15) is 11.6 Å². The van der Waals surface area contributed by atoms with Crippen LogP contribution in [0.3, 0.4) is 0 Å². The lowest BCUT2D eigenvalue weighted by Crippen LogP contribution is -2.40. The molecular weight excluding hydrogens is 257 g/mol. The first-order chi connectivity index (χ1) is 8.49. The average Bonchev–Trinajstić information content (AvgIpc) is 2.34. The summed E-state index contributed by atoms with van der Waals surface area (Å²) in [7, 11) is 1.44. The van der Waals surface area contributed by atoms with Gasteiger partial charge in [0.05, 0.1) is 12.7 Å². The van der Waals surface area contributed by atoms with E-state index in [-0.39, 0.29) is 17.5 Å². The molecule has 0 spiro atoms. The van der Waals surface area contributed by atoms with Gasteiger partial charge in [0, 0.05) is 18.0 Å². The van der Waals surface area contributed by atoms with Crippen LogP contribution in [0.1, 0.15) is 24.2 Å². The molecule has 100 valence electrons. The zero-order valence-corrected chi connectivity index (χ0v) is 11.4. The highest BCUT2D eigenvalue weighted by Gasteiger charge is 2.18. The van der Waals surface area contributed by atoms with Crippen molar-refractivity contribution in [3.63, 3.8) is 0 Å². The first-order valence-corrected chi connectivity index (χ1v) is 6.23. The third kappa shape index (κ3) is 3.60. The van der Waals surface area contributed by atoms with Crippen LogP contribution < -0.4 is 10.1 Å². The maximum absolute atomic E-state index is 13.7. The van der Waals surface area contributed by atoms with Crippen LogP contribution in [0.4, 0.5) is 4.39 Å². The van der Waals surface area contributed by atoms with E-state index in [1.165, 1.54) is 19.2 Å². The number of benzene rings is 1. The summed E-state index contributed by atoms with van der Waals surface area (Å²) in [5.74, 6) is -0.214. The molecule has 1 aromatic rings. The van der Waals surface area contributed by atoms with Gasteiger partial charge in [-0.25, -0.2) is 4.39 Å². The van der Waals surface area contributed by atoms with Crippen molar-refractivity contribution in [1.82, 2.24) is 5.32 Å². The molecule has 0 aliphatic carbocycles. The molecule has 1 aromatic carbocycles. The summed E-state index contributed by atoms with van der Waals surface area (Å²) in [6.45, 7) is 3.88. The summed E-state index contributed by atoms with van der Waals surface area (Å²) in [5, 5.41) is 2.71. The third-order valence-corrected chi connectivity index (χ3v) is 3.04. The van der Waals surface area contributed by atoms with Gasteiger partial charge >= 0.3 is 0 Å². The lowest BCUT2D eigenvalue weighted by Gasteiger charge is -2.19. The van der Waals surface area contributed by atoms with Gasteiger partial charge in [-0.1, -0.05) is 13.8 Å². The monoisotopic (exact) mass is 273 g/mol. The number of carbonyl (C=O) groups is 1. The summed E-state index contributed by atoms with van der Waals surface area (Å²) in [4.78, 5) is 11.9. The van der Waals surface area contributed by atoms with E-state index < -0.39 is 11.7 Å². The van der Waals surface area contributed by atoms with Crippen LogP contribution >= 0.6 is 11.6 Å². The van der Waals surface area contributed by atoms with Gasteiger partial charge in [0.25, 0.3) is 5.91 Å². The molecule has 0 saturated heterocycles. The summed E-state index contributed by atoms with van der Waals surface area (Å²) in [6.07, 6.45) is 0. The Labute approximate surface area is 111 Å². The largest absolute Gasteiger partial charge is 0.497 e. The topological polar surface area (TPSA) is 38.3 Å². The van der Waals surface area contributed by atoms with E-state index in [4.69, 9.17) is 16.3 Å². The van der Waals surface area contributed by atoms with Crippen LogP contribution in [-0.4, -0.2) is 24.9 Å². The predicted octanol–water partition coefficient (Wildman–Crippen LogP) is 2.83. The Morgan fingerprint density at radius 2 is 2.17 bits per heavy atom. The average molecular weight is 274 g/mol. The molecule has 0 aromatic heterocycles. The van der Waals surface area contributed by atoms with Crippen LogP contribution in [-0.2, 0) is 0 Å². The number of methoxy groups -OCH3 is 1. The second-order valence-corrected chi connectivity index (χ2v) is 4.63. The number of nitrogens with one attached hydrogen (secondary N) is 1. The van der Waals surface area contributed by atoms with E-state index in [1.807, 2.05) is 13.8 Å². The Hall–Kier alpha value is -1.29. The molecule has 0 aliphatic rings. The Morgan fingerprint density at radius 1 is 1.50 bits per heavy atom. The Morgan fingerprint density at radius 3 is 2.61 bits per heavy atom. The zero-order chi connectivity index (χ0) is 13.7. The van der Waals surface area contributed by atoms with E-state index in [2.05, 4.69) is 5.32 Å². The normalized spacial score (nSPS) is 12.3. The van der Waals surface area contributed by atoms with Crippen molar-refractivity contribution in [2.24, 2.45) is 5.92 Å². The lowest BCUT2D eigenvalue weighted by atomic mass is 10.1. The zero-order valence-electron chi connectivity index (χ0n) is 10.7. The minimum atomic E-state index is -0.607. The fourth-order valence-corrected chi connectivity index (χ4v) is 1.87. The number of rotatable bonds is 5. The molecule has 18 heavy (non-hydrogen) atoms. The highest BCUT2D eigenvalue weighted by atomic mass is 35.5. The molecule has 1 amide bonds. The number of alkyl halides is 1. The fourth-order valence-electron chi connectivity index (χ4n) is 1.44. The van der Waals surface area contributed by atoms with E-state index in [0.29, 0.717) is 11.6 Å². The molecular formula is C13H17ClFNO2. The van der Waals surface area contributed by atoms with Crippen molar-refractivity contribution < 1.29 is 13.9 Å². The maximum atomic E-state index is 13.7. The van der Waals surface area contributed by atoms with Crippen molar-refractivity contribution in [1.29, 1.82) is 0 Å². The Balaban J connectivity index is 2.84. The van der Waals surface area contributed by atoms with Gasteiger partial charge in [-0.2, -0.15) is 0 Å². The molecule has 5 heteroatoms. The molecule has 1 atom stereocenters. The molecule has 0 saturated carbocycles. The standard InChI is InChI=1S/C13H17ClFNO2/c1-8(2)12(7-14)16-13(17)10-5-4-9(18-3)6-11(10)15/h4-6,8,12H,7H2,1-3H3,(H,16,17). The van der Waals surface area contributed by atoms with Crippen LogP contribution in [0.15, 0.2) is 18.2 Å². The Bertz CT molecular complexity index is 423. The quantitative estimate of drug-likeness (QED) is 0.838. The van der Waals surface area contributed by atoms with Crippen molar-refractivity contribution in [3.8, 4) is 5.75 Å². The SMILES string of the molecule is COc1ccc(C(=O)NC(CCl)C(C)C)c(F)c1. The maximum Gasteiger partial charge on any atom is 0.254 e. The molecule has 0 radical (unpaired) electrons. The van der Waals surface area contributed by atoms with Crippen molar-refractivity contribution >= 4 is 17.5 Å². The first kappa shape index (κ1) is 14.8. The predicted molar refractivity (Wildman–Crippen MR) is 69.8 cm³/mol.